The van der Waals surface area contributed by atoms with Crippen LogP contribution in [0, 0.1) is 6.92 Å². The minimum atomic E-state index is -0.0626. The van der Waals surface area contributed by atoms with Crippen molar-refractivity contribution in [2.45, 2.75) is 25.7 Å². The molecule has 8 heteroatoms. The first-order chi connectivity index (χ1) is 12.6. The summed E-state index contributed by atoms with van der Waals surface area (Å²) < 4.78 is 15.7. The quantitative estimate of drug-likeness (QED) is 0.845. The molecule has 1 amide bonds. The Morgan fingerprint density at radius 1 is 1.23 bits per heavy atom. The topological polar surface area (TPSA) is 89.7 Å². The van der Waals surface area contributed by atoms with Gasteiger partial charge in [0, 0.05) is 29.8 Å². The molecule has 0 radical (unpaired) electrons. The lowest BCUT2D eigenvalue weighted by Gasteiger charge is -2.29. The molecule has 1 fully saturated rings. The second-order valence-corrected chi connectivity index (χ2v) is 6.38. The zero-order valence-corrected chi connectivity index (χ0v) is 15.3. The number of aromatic nitrogens is 2. The van der Waals surface area contributed by atoms with E-state index in [1.807, 2.05) is 6.92 Å². The van der Waals surface area contributed by atoms with E-state index >= 15 is 0 Å². The summed E-state index contributed by atoms with van der Waals surface area (Å²) in [5.41, 5.74) is 0.655. The molecule has 26 heavy (non-hydrogen) atoms. The zero-order chi connectivity index (χ0) is 18.5. The molecule has 8 nitrogen and oxygen atoms in total. The van der Waals surface area contributed by atoms with Crippen LogP contribution < -0.4 is 14.8 Å². The molecule has 0 spiro atoms. The van der Waals surface area contributed by atoms with Crippen LogP contribution in [0.3, 0.4) is 0 Å². The predicted molar refractivity (Wildman–Crippen MR) is 95.6 cm³/mol. The molecule has 1 aliphatic heterocycles. The van der Waals surface area contributed by atoms with Crippen LogP contribution in [0.4, 0.5) is 5.69 Å². The second-order valence-electron chi connectivity index (χ2n) is 6.38. The molecule has 140 valence electrons. The van der Waals surface area contributed by atoms with Gasteiger partial charge in [-0.25, -0.2) is 0 Å². The third-order valence-electron chi connectivity index (χ3n) is 4.48. The highest BCUT2D eigenvalue weighted by molar-refractivity contribution is 5.92. The van der Waals surface area contributed by atoms with E-state index in [0.717, 1.165) is 25.9 Å². The Morgan fingerprint density at radius 3 is 2.42 bits per heavy atom. The molecule has 0 aliphatic carbocycles. The Balaban J connectivity index is 1.51. The summed E-state index contributed by atoms with van der Waals surface area (Å²) in [6.07, 6.45) is 1.81. The van der Waals surface area contributed by atoms with Gasteiger partial charge in [0.1, 0.15) is 11.5 Å². The number of piperidine rings is 1. The van der Waals surface area contributed by atoms with Crippen LogP contribution in [-0.4, -0.2) is 54.8 Å². The molecule has 1 saturated heterocycles. The number of aryl methyl sites for hydroxylation is 1. The van der Waals surface area contributed by atoms with Crippen molar-refractivity contribution in [1.29, 1.82) is 0 Å². The zero-order valence-electron chi connectivity index (χ0n) is 15.3. The molecule has 2 heterocycles. The Hall–Kier alpha value is -2.61. The van der Waals surface area contributed by atoms with Gasteiger partial charge in [0.15, 0.2) is 5.82 Å². The summed E-state index contributed by atoms with van der Waals surface area (Å²) in [6, 6.07) is 5.30. The lowest BCUT2D eigenvalue weighted by molar-refractivity contribution is -0.117. The molecule has 0 unspecified atom stereocenters. The summed E-state index contributed by atoms with van der Waals surface area (Å²) in [5.74, 6) is 2.85. The molecular weight excluding hydrogens is 336 g/mol. The van der Waals surface area contributed by atoms with E-state index in [1.165, 1.54) is 0 Å². The number of carbonyl (C=O) groups is 1. The van der Waals surface area contributed by atoms with E-state index in [0.29, 0.717) is 35.4 Å². The van der Waals surface area contributed by atoms with E-state index in [4.69, 9.17) is 14.0 Å². The average molecular weight is 360 g/mol. The monoisotopic (exact) mass is 360 g/mol. The van der Waals surface area contributed by atoms with Gasteiger partial charge >= 0.3 is 0 Å². The number of hydrogen-bond donors (Lipinski definition) is 1. The number of ether oxygens (including phenoxy) is 2. The van der Waals surface area contributed by atoms with Gasteiger partial charge in [-0.3, -0.25) is 9.69 Å². The predicted octanol–water partition coefficient (Wildman–Crippen LogP) is 2.21. The first kappa shape index (κ1) is 18.2. The van der Waals surface area contributed by atoms with Crippen LogP contribution in [0.5, 0.6) is 11.5 Å². The van der Waals surface area contributed by atoms with Crippen LogP contribution in [0.15, 0.2) is 22.7 Å². The van der Waals surface area contributed by atoms with Crippen molar-refractivity contribution < 1.29 is 18.8 Å². The first-order valence-corrected chi connectivity index (χ1v) is 8.63. The van der Waals surface area contributed by atoms with Crippen LogP contribution in [0.2, 0.25) is 0 Å². The number of nitrogens with zero attached hydrogens (tertiary/aromatic N) is 3. The number of likely N-dealkylation sites (tertiary alicyclic amines) is 1. The molecule has 1 aliphatic rings. The molecule has 1 N–H and O–H groups in total. The number of rotatable bonds is 6. The Labute approximate surface area is 152 Å². The van der Waals surface area contributed by atoms with Crippen LogP contribution >= 0.6 is 0 Å². The Morgan fingerprint density at radius 2 is 1.88 bits per heavy atom. The van der Waals surface area contributed by atoms with Crippen molar-refractivity contribution in [2.75, 3.05) is 39.2 Å². The molecular formula is C18H24N4O4. The van der Waals surface area contributed by atoms with Crippen LogP contribution in [0.25, 0.3) is 0 Å². The third kappa shape index (κ3) is 4.51. The molecule has 1 aromatic carbocycles. The van der Waals surface area contributed by atoms with Crippen molar-refractivity contribution in [2.24, 2.45) is 0 Å². The Kier molecular flexibility index (Phi) is 5.72. The average Bonchev–Trinajstić information content (AvgIpc) is 3.08. The van der Waals surface area contributed by atoms with Crippen molar-refractivity contribution >= 4 is 11.6 Å². The van der Waals surface area contributed by atoms with Gasteiger partial charge in [-0.1, -0.05) is 5.16 Å². The van der Waals surface area contributed by atoms with Crippen LogP contribution in [0.1, 0.15) is 30.5 Å². The fraction of sp³-hybridized carbons (Fsp3) is 0.500. The van der Waals surface area contributed by atoms with Gasteiger partial charge in [-0.05, 0) is 32.9 Å². The molecule has 2 aromatic rings. The highest BCUT2D eigenvalue weighted by Gasteiger charge is 2.25. The summed E-state index contributed by atoms with van der Waals surface area (Å²) in [6.45, 7) is 3.80. The van der Waals surface area contributed by atoms with E-state index in [9.17, 15) is 4.79 Å². The van der Waals surface area contributed by atoms with Gasteiger partial charge < -0.3 is 19.3 Å². The lowest BCUT2D eigenvalue weighted by atomic mass is 9.97. The van der Waals surface area contributed by atoms with Gasteiger partial charge in [-0.15, -0.1) is 0 Å². The maximum atomic E-state index is 12.4. The molecule has 3 rings (SSSR count). The lowest BCUT2D eigenvalue weighted by Crippen LogP contribution is -2.38. The highest BCUT2D eigenvalue weighted by Crippen LogP contribution is 2.27. The van der Waals surface area contributed by atoms with Crippen molar-refractivity contribution in [3.63, 3.8) is 0 Å². The fourth-order valence-electron chi connectivity index (χ4n) is 3.10. The highest BCUT2D eigenvalue weighted by atomic mass is 16.5. The minimum Gasteiger partial charge on any atom is -0.497 e. The van der Waals surface area contributed by atoms with E-state index in [1.54, 1.807) is 32.4 Å². The number of anilines is 1. The first-order valence-electron chi connectivity index (χ1n) is 8.63. The molecule has 0 atom stereocenters. The fourth-order valence-corrected chi connectivity index (χ4v) is 3.10. The third-order valence-corrected chi connectivity index (χ3v) is 4.48. The second kappa shape index (κ2) is 8.18. The maximum Gasteiger partial charge on any atom is 0.238 e. The maximum absolute atomic E-state index is 12.4. The molecule has 1 aromatic heterocycles. The summed E-state index contributed by atoms with van der Waals surface area (Å²) in [4.78, 5) is 18.8. The summed E-state index contributed by atoms with van der Waals surface area (Å²) >= 11 is 0. The minimum absolute atomic E-state index is 0.0626. The van der Waals surface area contributed by atoms with E-state index < -0.39 is 0 Å². The van der Waals surface area contributed by atoms with Gasteiger partial charge in [0.05, 0.1) is 20.8 Å². The smallest absolute Gasteiger partial charge is 0.238 e. The largest absolute Gasteiger partial charge is 0.497 e. The summed E-state index contributed by atoms with van der Waals surface area (Å²) in [7, 11) is 3.16. The van der Waals surface area contributed by atoms with Crippen molar-refractivity contribution in [3.8, 4) is 11.5 Å². The van der Waals surface area contributed by atoms with Crippen molar-refractivity contribution in [3.05, 3.63) is 29.9 Å². The standard InChI is InChI=1S/C18H24N4O4/c1-12-19-18(26-21-12)13-4-6-22(7-5-13)11-17(23)20-14-8-15(24-2)10-16(9-14)25-3/h8-10,13H,4-7,11H2,1-3H3,(H,20,23). The number of amides is 1. The van der Waals surface area contributed by atoms with Crippen molar-refractivity contribution in [1.82, 2.24) is 15.0 Å². The number of benzene rings is 1. The van der Waals surface area contributed by atoms with Gasteiger partial charge in [0.25, 0.3) is 0 Å². The number of nitrogens with one attached hydrogen (secondary N) is 1. The van der Waals surface area contributed by atoms with Gasteiger partial charge in [0.2, 0.25) is 11.8 Å². The van der Waals surface area contributed by atoms with Crippen LogP contribution in [-0.2, 0) is 4.79 Å². The number of carbonyl (C=O) groups excluding carboxylic acids is 1. The Bertz CT molecular complexity index is 731. The van der Waals surface area contributed by atoms with Gasteiger partial charge in [-0.2, -0.15) is 4.98 Å². The summed E-state index contributed by atoms with van der Waals surface area (Å²) in [5, 5.41) is 6.75. The van der Waals surface area contributed by atoms with E-state index in [-0.39, 0.29) is 11.8 Å². The normalized spacial score (nSPS) is 15.7. The number of methoxy groups -OCH3 is 2. The molecule has 0 saturated carbocycles. The molecule has 0 bridgehead atoms. The van der Waals surface area contributed by atoms with E-state index in [2.05, 4.69) is 20.4 Å². The number of hydrogen-bond acceptors (Lipinski definition) is 7. The SMILES string of the molecule is COc1cc(NC(=O)CN2CCC(c3nc(C)no3)CC2)cc(OC)c1.